The number of hydrogen-bond acceptors (Lipinski definition) is 13. The highest BCUT2D eigenvalue weighted by atomic mass is 16.6. The van der Waals surface area contributed by atoms with E-state index in [4.69, 9.17) is 18.9 Å². The lowest BCUT2D eigenvalue weighted by atomic mass is 10.00. The number of unbranched alkanes of at least 4 members (excludes halogenated alkanes) is 2. The lowest BCUT2D eigenvalue weighted by Crippen LogP contribution is -2.28. The van der Waals surface area contributed by atoms with Crippen LogP contribution in [-0.4, -0.2) is 76.5 Å². The number of anilines is 2. The van der Waals surface area contributed by atoms with Crippen molar-refractivity contribution in [3.05, 3.63) is 96.1 Å². The van der Waals surface area contributed by atoms with Gasteiger partial charge in [-0.15, -0.1) is 0 Å². The van der Waals surface area contributed by atoms with Gasteiger partial charge in [0.25, 0.3) is 0 Å². The van der Waals surface area contributed by atoms with Crippen molar-refractivity contribution >= 4 is 47.4 Å². The molecule has 306 valence electrons. The summed E-state index contributed by atoms with van der Waals surface area (Å²) in [5.74, 6) is -3.04. The molecule has 2 rings (SSSR count). The second kappa shape index (κ2) is 27.9. The maximum absolute atomic E-state index is 12.4. The predicted octanol–water partition coefficient (Wildman–Crippen LogP) is 7.27. The van der Waals surface area contributed by atoms with E-state index in [1.807, 2.05) is 60.7 Å². The molecule has 0 spiro atoms. The summed E-state index contributed by atoms with van der Waals surface area (Å²) >= 11 is 0. The van der Waals surface area contributed by atoms with Gasteiger partial charge in [-0.2, -0.15) is 15.8 Å². The molecule has 1 atom stereocenters. The van der Waals surface area contributed by atoms with E-state index in [1.165, 1.54) is 12.2 Å². The molecule has 0 aliphatic heterocycles. The van der Waals surface area contributed by atoms with Gasteiger partial charge in [-0.05, 0) is 79.6 Å². The molecular weight excluding hydrogens is 739 g/mol. The number of carbonyl (C=O) groups is 4. The first kappa shape index (κ1) is 47.5. The molecule has 0 saturated carbocycles. The second-order valence-electron chi connectivity index (χ2n) is 13.0. The summed E-state index contributed by atoms with van der Waals surface area (Å²) in [6.07, 6.45) is 11.1. The quantitative estimate of drug-likeness (QED) is 0.0290. The summed E-state index contributed by atoms with van der Waals surface area (Å²) in [6, 6.07) is 21.3. The van der Waals surface area contributed by atoms with Crippen LogP contribution in [0.3, 0.4) is 0 Å². The number of hydrogen-bond donors (Lipinski definition) is 0. The maximum Gasteiger partial charge on any atom is 0.349 e. The van der Waals surface area contributed by atoms with Gasteiger partial charge in [0.05, 0.1) is 6.07 Å². The topological polar surface area (TPSA) is 183 Å². The van der Waals surface area contributed by atoms with E-state index < -0.39 is 23.9 Å². The number of esters is 4. The molecule has 0 N–H and O–H groups in total. The Morgan fingerprint density at radius 3 is 1.38 bits per heavy atom. The molecule has 0 fully saturated rings. The summed E-state index contributed by atoms with van der Waals surface area (Å²) in [4.78, 5) is 51.6. The molecule has 0 bridgehead atoms. The normalized spacial score (nSPS) is 11.4. The van der Waals surface area contributed by atoms with E-state index >= 15 is 0 Å². The first-order valence-corrected chi connectivity index (χ1v) is 19.4. The monoisotopic (exact) mass is 791 g/mol. The van der Waals surface area contributed by atoms with E-state index in [2.05, 4.69) is 42.9 Å². The first-order valence-electron chi connectivity index (χ1n) is 19.4. The van der Waals surface area contributed by atoms with Crippen molar-refractivity contribution in [2.24, 2.45) is 5.92 Å². The fourth-order valence-electron chi connectivity index (χ4n) is 5.55. The zero-order chi connectivity index (χ0) is 42.5. The molecule has 0 aliphatic rings. The Labute approximate surface area is 342 Å². The Morgan fingerprint density at radius 1 is 0.603 bits per heavy atom. The van der Waals surface area contributed by atoms with Crippen molar-refractivity contribution in [2.75, 3.05) is 62.4 Å². The fourth-order valence-corrected chi connectivity index (χ4v) is 5.55. The molecule has 0 aliphatic carbocycles. The molecule has 1 unspecified atom stereocenters. The van der Waals surface area contributed by atoms with Crippen molar-refractivity contribution in [1.29, 1.82) is 15.8 Å². The minimum Gasteiger partial charge on any atom is -0.459 e. The molecule has 58 heavy (non-hydrogen) atoms. The van der Waals surface area contributed by atoms with Gasteiger partial charge in [-0.3, -0.25) is 0 Å². The zero-order valence-electron chi connectivity index (χ0n) is 33.5. The minimum absolute atomic E-state index is 0.144. The minimum atomic E-state index is -0.816. The van der Waals surface area contributed by atoms with Gasteiger partial charge in [-0.1, -0.05) is 64.1 Å². The van der Waals surface area contributed by atoms with Gasteiger partial charge in [0.15, 0.2) is 0 Å². The molecule has 0 amide bonds. The highest BCUT2D eigenvalue weighted by molar-refractivity contribution is 5.98. The van der Waals surface area contributed by atoms with Gasteiger partial charge in [0, 0.05) is 55.6 Å². The maximum atomic E-state index is 12.4. The van der Waals surface area contributed by atoms with Crippen molar-refractivity contribution in [1.82, 2.24) is 0 Å². The van der Waals surface area contributed by atoms with E-state index in [1.54, 1.807) is 0 Å². The van der Waals surface area contributed by atoms with Crippen LogP contribution in [0.25, 0.3) is 12.2 Å². The van der Waals surface area contributed by atoms with Gasteiger partial charge in [-0.25, -0.2) is 19.2 Å². The van der Waals surface area contributed by atoms with E-state index in [-0.39, 0.29) is 43.5 Å². The Morgan fingerprint density at radius 2 is 1.00 bits per heavy atom. The molecule has 0 heterocycles. The van der Waals surface area contributed by atoms with Crippen LogP contribution in [0.2, 0.25) is 0 Å². The summed E-state index contributed by atoms with van der Waals surface area (Å²) in [7, 11) is 0. The van der Waals surface area contributed by atoms with Crippen molar-refractivity contribution in [3.8, 4) is 18.2 Å². The largest absolute Gasteiger partial charge is 0.459 e. The Kier molecular flexibility index (Phi) is 22.8. The fraction of sp³-hybridized carbons (Fsp3) is 0.400. The first-order chi connectivity index (χ1) is 28.1. The van der Waals surface area contributed by atoms with Crippen LogP contribution in [0.15, 0.2) is 85.0 Å². The van der Waals surface area contributed by atoms with Crippen LogP contribution in [0.1, 0.15) is 69.9 Å². The molecule has 0 radical (unpaired) electrons. The number of benzene rings is 2. The average molecular weight is 792 g/mol. The van der Waals surface area contributed by atoms with E-state index in [0.29, 0.717) is 24.1 Å². The predicted molar refractivity (Wildman–Crippen MR) is 221 cm³/mol. The van der Waals surface area contributed by atoms with Gasteiger partial charge >= 0.3 is 23.9 Å². The smallest absolute Gasteiger partial charge is 0.349 e. The summed E-state index contributed by atoms with van der Waals surface area (Å²) in [6.45, 7) is 13.3. The highest BCUT2D eigenvalue weighted by Gasteiger charge is 2.16. The van der Waals surface area contributed by atoms with Crippen LogP contribution in [0.4, 0.5) is 11.4 Å². The lowest BCUT2D eigenvalue weighted by molar-refractivity contribution is -0.146. The number of carbonyl (C=O) groups excluding carboxylic acids is 4. The third-order valence-electron chi connectivity index (χ3n) is 8.75. The molecule has 0 saturated heterocycles. The van der Waals surface area contributed by atoms with Crippen LogP contribution in [0, 0.1) is 39.9 Å². The number of rotatable bonds is 27. The zero-order valence-corrected chi connectivity index (χ0v) is 33.5. The van der Waals surface area contributed by atoms with Crippen molar-refractivity contribution in [2.45, 2.75) is 58.8 Å². The van der Waals surface area contributed by atoms with Gasteiger partial charge < -0.3 is 28.7 Å². The molecule has 13 nitrogen and oxygen atoms in total. The molecular formula is C45H53N5O8. The highest BCUT2D eigenvalue weighted by Crippen LogP contribution is 2.23. The van der Waals surface area contributed by atoms with Crippen molar-refractivity contribution < 1.29 is 38.1 Å². The van der Waals surface area contributed by atoms with Crippen molar-refractivity contribution in [3.63, 3.8) is 0 Å². The molecule has 2 aromatic rings. The molecule has 0 aromatic heterocycles. The average Bonchev–Trinajstić information content (AvgIpc) is 3.25. The third-order valence-corrected chi connectivity index (χ3v) is 8.75. The van der Waals surface area contributed by atoms with Gasteiger partial charge in [0.2, 0.25) is 0 Å². The summed E-state index contributed by atoms with van der Waals surface area (Å²) in [5.41, 5.74) is 2.91. The molecule has 13 heteroatoms. The summed E-state index contributed by atoms with van der Waals surface area (Å²) in [5, 5.41) is 29.1. The number of ether oxygens (including phenoxy) is 4. The Balaban J connectivity index is 2.01. The molecule has 2 aromatic carbocycles. The lowest BCUT2D eigenvalue weighted by Gasteiger charge is -2.27. The van der Waals surface area contributed by atoms with Crippen LogP contribution < -0.4 is 9.80 Å². The Hall–Kier alpha value is -6.65. The van der Waals surface area contributed by atoms with Crippen LogP contribution in [0.5, 0.6) is 0 Å². The van der Waals surface area contributed by atoms with Gasteiger partial charge in [0.1, 0.15) is 49.7 Å². The van der Waals surface area contributed by atoms with E-state index in [0.717, 1.165) is 81.7 Å². The van der Waals surface area contributed by atoms with E-state index in [9.17, 15) is 35.0 Å². The third kappa shape index (κ3) is 17.9. The Bertz CT molecular complexity index is 1850. The SMILES string of the molecule is C=CC(=O)OCCOC(=O)/C(C#N)=C/c1ccc(N(CCCC)CCCC(C#N)CCN(CCCC)c2ccc(/C=C(\C#N)C(=O)OCCOC(=O)C=C)cc2)cc1. The van der Waals surface area contributed by atoms with Crippen LogP contribution >= 0.6 is 0 Å². The second-order valence-corrected chi connectivity index (χ2v) is 13.0. The number of nitrogens with zero attached hydrogens (tertiary/aromatic N) is 5. The standard InChI is InChI=1S/C45H53N5O8/c1-5-9-22-49(40-17-13-35(14-18-40)30-38(33-47)44(53)57-28-26-55-42(51)7-3)24-11-12-37(32-46)21-25-50(23-10-6-2)41-19-15-36(16-20-41)31-39(34-48)45(54)58-29-27-56-43(52)8-4/h7-8,13-20,30-31,37H,3-6,9-12,21-29H2,1-2H3/b38-30+,39-31+. The summed E-state index contributed by atoms with van der Waals surface area (Å²) < 4.78 is 19.7. The number of nitriles is 3. The van der Waals surface area contributed by atoms with Crippen LogP contribution in [-0.2, 0) is 38.1 Å².